The Morgan fingerprint density at radius 3 is 1.53 bits per heavy atom. The molecule has 15 nitrogen and oxygen atoms in total. The molecule has 0 aromatic carbocycles. The van der Waals surface area contributed by atoms with Gasteiger partial charge in [-0.05, 0) is 183 Å². The van der Waals surface area contributed by atoms with E-state index in [4.69, 9.17) is 30.5 Å². The van der Waals surface area contributed by atoms with Gasteiger partial charge in [0.2, 0.25) is 0 Å². The minimum atomic E-state index is -2.24. The standard InChI is InChI=1S/C24H32ClFO5.C24H30F2O6.C22H28F2O4/c1-20(2)30-19-10-16-15-6-5-13-9-14(27)7-8-21(13,3)23(15,26)17(28)11-22(16,4)24(19,31-20)18(29)12-25;1-20(2)31-19-9-13-14-8-16(25)15-7-12(28)5-6-21(15,3)23(14,26)17(29)10-22(13,4)24(19,32-20)18(30)11-27;1-11-6-13-14-8-16(23)15-7-12(26)4-5-21(15,3)22(14,24)18(28)9-20(13,2)19(11)17(27)10-25/h9,15-17,19,28H,5-8,10-12H2,1-4H3;5-7,13-14,16-17,19,27,29H,8-11H2,1-4H3;4-5,7,11,13-14,16,18-19,25,28H,6,8-10H2,1-3H3/t15-,16-,17-,19+,21-,22-,23-,24+;13-,14-,16-,17-,19+,21-,22-,23-,24+;11-,13+,14+,16+,18+,19-,20+,21+,22+/m001/s1. The van der Waals surface area contributed by atoms with Gasteiger partial charge in [0.1, 0.15) is 31.2 Å². The van der Waals surface area contributed by atoms with Gasteiger partial charge >= 0.3 is 0 Å². The molecule has 0 radical (unpaired) electrons. The smallest absolute Gasteiger partial charge is 0.193 e. The molecule has 14 aliphatic rings. The van der Waals surface area contributed by atoms with Crippen LogP contribution in [-0.4, -0.2) is 162 Å². The van der Waals surface area contributed by atoms with Crippen molar-refractivity contribution < 1.29 is 95.2 Å². The van der Waals surface area contributed by atoms with Gasteiger partial charge in [-0.2, -0.15) is 0 Å². The van der Waals surface area contributed by atoms with Gasteiger partial charge in [-0.15, -0.1) is 11.6 Å². The molecule has 0 aromatic heterocycles. The summed E-state index contributed by atoms with van der Waals surface area (Å²) in [4.78, 5) is 74.6. The number of fused-ring (bicyclic) bond motifs is 19. The number of carbonyl (C=O) groups excluding carboxylic acids is 6. The van der Waals surface area contributed by atoms with Crippen molar-refractivity contribution in [2.45, 2.75) is 236 Å². The van der Waals surface area contributed by atoms with E-state index in [9.17, 15) is 54.3 Å². The van der Waals surface area contributed by atoms with Gasteiger partial charge in [0.25, 0.3) is 0 Å². The summed E-state index contributed by atoms with van der Waals surface area (Å²) in [5.74, 6) is -7.80. The van der Waals surface area contributed by atoms with E-state index in [1.54, 1.807) is 47.6 Å². The van der Waals surface area contributed by atoms with Gasteiger partial charge in [0.05, 0.1) is 36.4 Å². The van der Waals surface area contributed by atoms with Crippen LogP contribution >= 0.6 is 11.6 Å². The molecule has 14 rings (SSSR count). The number of carbonyl (C=O) groups is 6. The van der Waals surface area contributed by atoms with Gasteiger partial charge < -0.3 is 44.5 Å². The van der Waals surface area contributed by atoms with Crippen molar-refractivity contribution in [3.05, 3.63) is 59.3 Å². The van der Waals surface area contributed by atoms with E-state index in [0.29, 0.717) is 38.5 Å². The zero-order valence-electron chi connectivity index (χ0n) is 53.9. The van der Waals surface area contributed by atoms with E-state index in [0.717, 1.165) is 11.6 Å². The van der Waals surface area contributed by atoms with Crippen LogP contribution in [0.3, 0.4) is 0 Å². The summed E-state index contributed by atoms with van der Waals surface area (Å²) in [5.41, 5.74) is -14.4. The Morgan fingerprint density at radius 2 is 1.04 bits per heavy atom. The highest BCUT2D eigenvalue weighted by Crippen LogP contribution is 2.76. The topological polar surface area (TPSA) is 240 Å². The van der Waals surface area contributed by atoms with Crippen LogP contribution in [0.25, 0.3) is 0 Å². The summed E-state index contributed by atoms with van der Waals surface area (Å²) in [6, 6.07) is 0. The number of hydrogen-bond acceptors (Lipinski definition) is 15. The molecule has 0 unspecified atom stereocenters. The molecule has 2 saturated heterocycles. The van der Waals surface area contributed by atoms with Crippen LogP contribution < -0.4 is 0 Å². The van der Waals surface area contributed by atoms with Gasteiger partial charge in [0.15, 0.2) is 68.8 Å². The maximum absolute atomic E-state index is 17.2. The molecule has 11 fully saturated rings. The first-order valence-electron chi connectivity index (χ1n) is 32.8. The quantitative estimate of drug-likeness (QED) is 0.123. The molecule has 26 atom stereocenters. The first-order chi connectivity index (χ1) is 42.1. The van der Waals surface area contributed by atoms with E-state index in [1.165, 1.54) is 37.3 Å². The van der Waals surface area contributed by atoms with Crippen LogP contribution in [0.15, 0.2) is 59.3 Å². The number of Topliss-reactive ketones (excluding diaryl/α,β-unsaturated/α-hetero) is 3. The Balaban J connectivity index is 0.000000132. The highest BCUT2D eigenvalue weighted by molar-refractivity contribution is 6.29. The third-order valence-electron chi connectivity index (χ3n) is 27.2. The largest absolute Gasteiger partial charge is 0.390 e. The van der Waals surface area contributed by atoms with Crippen LogP contribution in [0.1, 0.15) is 153 Å². The molecule has 91 heavy (non-hydrogen) atoms. The van der Waals surface area contributed by atoms with Crippen LogP contribution in [-0.2, 0) is 47.7 Å². The van der Waals surface area contributed by atoms with E-state index in [-0.39, 0.29) is 96.4 Å². The van der Waals surface area contributed by atoms with Crippen molar-refractivity contribution in [3.8, 4) is 0 Å². The molecule has 2 aliphatic heterocycles. The number of ketones is 6. The second-order valence-corrected chi connectivity index (χ2v) is 32.3. The van der Waals surface area contributed by atoms with Crippen LogP contribution in [0, 0.1) is 79.8 Å². The first kappa shape index (κ1) is 67.3. The number of aliphatic hydroxyl groups is 5. The third kappa shape index (κ3) is 8.46. The van der Waals surface area contributed by atoms with E-state index >= 15 is 22.0 Å². The molecule has 2 heterocycles. The summed E-state index contributed by atoms with van der Waals surface area (Å²) in [6.07, 6.45) is 3.65. The van der Waals surface area contributed by atoms with Gasteiger partial charge in [0, 0.05) is 57.2 Å². The number of aliphatic hydroxyl groups excluding tert-OH is 5. The third-order valence-corrected chi connectivity index (χ3v) is 27.5. The lowest BCUT2D eigenvalue weighted by molar-refractivity contribution is -0.250. The Hall–Kier alpha value is -3.70. The summed E-state index contributed by atoms with van der Waals surface area (Å²) >= 11 is 6.05. The maximum atomic E-state index is 17.2. The van der Waals surface area contributed by atoms with E-state index in [1.807, 2.05) is 27.7 Å². The van der Waals surface area contributed by atoms with Gasteiger partial charge in [-0.25, -0.2) is 22.0 Å². The fourth-order valence-electron chi connectivity index (χ4n) is 23.5. The molecule has 0 amide bonds. The van der Waals surface area contributed by atoms with E-state index < -0.39 is 170 Å². The minimum absolute atomic E-state index is 0.0377. The monoisotopic (exact) mass is 1300 g/mol. The zero-order chi connectivity index (χ0) is 66.7. The molecule has 9 saturated carbocycles. The van der Waals surface area contributed by atoms with Crippen molar-refractivity contribution in [1.29, 1.82) is 0 Å². The molecule has 0 bridgehead atoms. The average Bonchev–Trinajstić information content (AvgIpc) is 1.59. The van der Waals surface area contributed by atoms with Crippen molar-refractivity contribution in [3.63, 3.8) is 0 Å². The lowest BCUT2D eigenvalue weighted by Crippen LogP contribution is -2.71. The lowest BCUT2D eigenvalue weighted by atomic mass is 9.44. The number of ether oxygens (including phenoxy) is 4. The Labute approximate surface area is 533 Å². The normalized spacial score (nSPS) is 52.8. The van der Waals surface area contributed by atoms with E-state index in [2.05, 4.69) is 0 Å². The SMILES string of the molecule is CC1(C)O[C@@H]2C[C@H]3[C@@H]4CCC5=CC(=O)CC[C@]5(C)[C@@]4(F)[C@@H](O)C[C@]3(C)[C@]2(C(=O)CCl)O1.CC1(C)O[C@@H]2C[C@H]3[C@@H]4C[C@H](F)C5=CC(=O)C=C[C@]5(C)[C@@]4(F)[C@@H](O)C[C@]3(C)[C@]2(C(=O)CO)O1.C[C@@H]1C[C@H]2[C@@H]3C[C@H](F)C4=CC(=O)C=C[C@]4(C)[C@@]3(F)[C@@H](O)C[C@]2(C)[C@H]1C(=O)CO. The van der Waals surface area contributed by atoms with Crippen LogP contribution in [0.5, 0.6) is 0 Å². The Bertz CT molecular complexity index is 3310. The summed E-state index contributed by atoms with van der Waals surface area (Å²) in [6.45, 7) is 18.0. The fraction of sp³-hybridized carbons (Fsp3) is 0.771. The number of allylic oxidation sites excluding steroid dienone is 9. The summed E-state index contributed by atoms with van der Waals surface area (Å²) in [7, 11) is 0. The number of alkyl halides is 6. The van der Waals surface area contributed by atoms with Crippen molar-refractivity contribution in [2.75, 3.05) is 19.1 Å². The Kier molecular flexibility index (Phi) is 15.6. The molecule has 12 aliphatic carbocycles. The second kappa shape index (κ2) is 21.2. The summed E-state index contributed by atoms with van der Waals surface area (Å²) in [5, 5.41) is 53.1. The molecule has 502 valence electrons. The predicted octanol–water partition coefficient (Wildman–Crippen LogP) is 8.98. The highest BCUT2D eigenvalue weighted by atomic mass is 35.5. The molecular weight excluding hydrogens is 1210 g/mol. The first-order valence-corrected chi connectivity index (χ1v) is 33.3. The van der Waals surface area contributed by atoms with Crippen LogP contribution in [0.2, 0.25) is 0 Å². The zero-order valence-corrected chi connectivity index (χ0v) is 54.7. The molecular formula is C70H90ClF5O15. The van der Waals surface area contributed by atoms with Gasteiger partial charge in [-0.1, -0.05) is 52.3 Å². The number of rotatable bonds is 6. The molecule has 21 heteroatoms. The summed E-state index contributed by atoms with van der Waals surface area (Å²) < 4.78 is 107. The second-order valence-electron chi connectivity index (χ2n) is 32.0. The fourth-order valence-corrected chi connectivity index (χ4v) is 23.7. The average molecular weight is 1300 g/mol. The predicted molar refractivity (Wildman–Crippen MR) is 320 cm³/mol. The Morgan fingerprint density at radius 1 is 0.582 bits per heavy atom. The molecule has 0 aromatic rings. The maximum Gasteiger partial charge on any atom is 0.193 e. The van der Waals surface area contributed by atoms with Gasteiger partial charge in [-0.3, -0.25) is 28.8 Å². The lowest BCUT2D eigenvalue weighted by Gasteiger charge is -2.63. The minimum Gasteiger partial charge on any atom is -0.390 e. The number of hydrogen-bond donors (Lipinski definition) is 5. The number of halogens is 6. The molecule has 5 N–H and O–H groups in total. The van der Waals surface area contributed by atoms with Crippen molar-refractivity contribution >= 4 is 46.3 Å². The molecule has 0 spiro atoms. The van der Waals surface area contributed by atoms with Crippen molar-refractivity contribution in [1.82, 2.24) is 0 Å². The van der Waals surface area contributed by atoms with Crippen molar-refractivity contribution in [2.24, 2.45) is 79.8 Å². The highest BCUT2D eigenvalue weighted by Gasteiger charge is 2.83. The van der Waals surface area contributed by atoms with Crippen LogP contribution in [0.4, 0.5) is 22.0 Å².